The lowest BCUT2D eigenvalue weighted by atomic mass is 9.93. The van der Waals surface area contributed by atoms with Gasteiger partial charge in [-0.05, 0) is 19.4 Å². The minimum Gasteiger partial charge on any atom is -0.394 e. The first-order chi connectivity index (χ1) is 9.07. The molecule has 2 aromatic rings. The van der Waals surface area contributed by atoms with Crippen molar-refractivity contribution in [3.8, 4) is 0 Å². The lowest BCUT2D eigenvalue weighted by molar-refractivity contribution is 0.172. The number of benzene rings is 1. The molecule has 2 N–H and O–H groups in total. The van der Waals surface area contributed by atoms with E-state index < -0.39 is 5.54 Å². The fourth-order valence-electron chi connectivity index (χ4n) is 1.93. The van der Waals surface area contributed by atoms with Crippen LogP contribution in [0.4, 0.5) is 0 Å². The van der Waals surface area contributed by atoms with Crippen molar-refractivity contribution in [2.24, 2.45) is 7.05 Å². The Kier molecular flexibility index (Phi) is 3.97. The number of nitrogens with zero attached hydrogens (tertiary/aromatic N) is 3. The molecule has 0 aliphatic carbocycles. The molecule has 0 aliphatic rings. The Balaban J connectivity index is 2.14. The van der Waals surface area contributed by atoms with Crippen LogP contribution in [0, 0.1) is 6.92 Å². The summed E-state index contributed by atoms with van der Waals surface area (Å²) >= 11 is 0. The molecular weight excluding hydrogens is 240 g/mol. The summed E-state index contributed by atoms with van der Waals surface area (Å²) < 4.78 is 1.94. The monoisotopic (exact) mass is 260 g/mol. The molecular formula is C14H20N4O. The second-order valence-electron chi connectivity index (χ2n) is 4.93. The van der Waals surface area contributed by atoms with Gasteiger partial charge in [0.1, 0.15) is 11.6 Å². The topological polar surface area (TPSA) is 63.0 Å². The molecule has 19 heavy (non-hydrogen) atoms. The van der Waals surface area contributed by atoms with Gasteiger partial charge in [0.05, 0.1) is 18.7 Å². The zero-order chi connectivity index (χ0) is 13.9. The van der Waals surface area contributed by atoms with Gasteiger partial charge in [-0.2, -0.15) is 0 Å². The molecule has 0 aliphatic heterocycles. The number of aromatic nitrogens is 3. The number of rotatable bonds is 5. The highest BCUT2D eigenvalue weighted by Crippen LogP contribution is 2.20. The third-order valence-electron chi connectivity index (χ3n) is 3.55. The molecule has 0 radical (unpaired) electrons. The van der Waals surface area contributed by atoms with Crippen LogP contribution in [0.15, 0.2) is 30.3 Å². The highest BCUT2D eigenvalue weighted by atomic mass is 16.3. The van der Waals surface area contributed by atoms with Crippen molar-refractivity contribution in [1.29, 1.82) is 0 Å². The molecule has 102 valence electrons. The summed E-state index contributed by atoms with van der Waals surface area (Å²) in [7, 11) is 1.94. The number of aryl methyl sites for hydroxylation is 1. The molecule has 1 aromatic carbocycles. The first-order valence-electron chi connectivity index (χ1n) is 6.33. The Bertz CT molecular complexity index is 538. The highest BCUT2D eigenvalue weighted by molar-refractivity contribution is 5.23. The number of hydrogen-bond donors (Lipinski definition) is 2. The first-order valence-corrected chi connectivity index (χ1v) is 6.33. The molecule has 1 aromatic heterocycles. The Morgan fingerprint density at radius 1 is 1.26 bits per heavy atom. The summed E-state index contributed by atoms with van der Waals surface area (Å²) in [6.45, 7) is 4.47. The number of hydrogen-bond acceptors (Lipinski definition) is 4. The maximum Gasteiger partial charge on any atom is 0.146 e. The van der Waals surface area contributed by atoms with E-state index in [1.807, 2.05) is 55.8 Å². The van der Waals surface area contributed by atoms with E-state index in [1.54, 1.807) is 0 Å². The summed E-state index contributed by atoms with van der Waals surface area (Å²) in [5.74, 6) is 1.73. The first kappa shape index (κ1) is 13.7. The van der Waals surface area contributed by atoms with E-state index in [-0.39, 0.29) is 6.61 Å². The van der Waals surface area contributed by atoms with Crippen molar-refractivity contribution >= 4 is 0 Å². The van der Waals surface area contributed by atoms with Crippen LogP contribution in [0.5, 0.6) is 0 Å². The number of nitrogens with one attached hydrogen (secondary N) is 1. The molecule has 1 unspecified atom stereocenters. The highest BCUT2D eigenvalue weighted by Gasteiger charge is 2.25. The van der Waals surface area contributed by atoms with Crippen molar-refractivity contribution in [2.45, 2.75) is 25.9 Å². The summed E-state index contributed by atoms with van der Waals surface area (Å²) in [4.78, 5) is 0. The Morgan fingerprint density at radius 3 is 2.47 bits per heavy atom. The Hall–Kier alpha value is -1.72. The van der Waals surface area contributed by atoms with Gasteiger partial charge in [-0.25, -0.2) is 0 Å². The molecule has 0 fully saturated rings. The fraction of sp³-hybridized carbons (Fsp3) is 0.429. The molecule has 0 spiro atoms. The van der Waals surface area contributed by atoms with Gasteiger partial charge in [-0.3, -0.25) is 5.32 Å². The summed E-state index contributed by atoms with van der Waals surface area (Å²) in [6.07, 6.45) is 0. The lowest BCUT2D eigenvalue weighted by Gasteiger charge is -2.29. The summed E-state index contributed by atoms with van der Waals surface area (Å²) in [5.41, 5.74) is 0.567. The molecule has 1 heterocycles. The van der Waals surface area contributed by atoms with Crippen LogP contribution in [-0.2, 0) is 19.1 Å². The summed E-state index contributed by atoms with van der Waals surface area (Å²) in [5, 5.41) is 21.2. The zero-order valence-corrected chi connectivity index (χ0v) is 11.6. The van der Waals surface area contributed by atoms with E-state index >= 15 is 0 Å². The zero-order valence-electron chi connectivity index (χ0n) is 11.6. The van der Waals surface area contributed by atoms with Gasteiger partial charge in [0.25, 0.3) is 0 Å². The average Bonchev–Trinajstić information content (AvgIpc) is 2.77. The van der Waals surface area contributed by atoms with Crippen molar-refractivity contribution in [1.82, 2.24) is 20.1 Å². The van der Waals surface area contributed by atoms with Crippen molar-refractivity contribution < 1.29 is 5.11 Å². The minimum atomic E-state index is -0.485. The van der Waals surface area contributed by atoms with E-state index in [0.717, 1.165) is 17.2 Å². The standard InChI is InChI=1S/C14H20N4O/c1-11-16-17-13(18(11)3)9-15-14(2,10-19)12-7-5-4-6-8-12/h4-8,15,19H,9-10H2,1-3H3. The van der Waals surface area contributed by atoms with E-state index in [2.05, 4.69) is 15.5 Å². The average molecular weight is 260 g/mol. The van der Waals surface area contributed by atoms with Crippen LogP contribution in [0.3, 0.4) is 0 Å². The van der Waals surface area contributed by atoms with Gasteiger partial charge >= 0.3 is 0 Å². The second kappa shape index (κ2) is 5.50. The Labute approximate surface area is 113 Å². The number of aliphatic hydroxyl groups excluding tert-OH is 1. The van der Waals surface area contributed by atoms with Gasteiger partial charge in [-0.15, -0.1) is 10.2 Å². The molecule has 5 nitrogen and oxygen atoms in total. The van der Waals surface area contributed by atoms with E-state index in [4.69, 9.17) is 0 Å². The van der Waals surface area contributed by atoms with Gasteiger partial charge in [-0.1, -0.05) is 30.3 Å². The number of aliphatic hydroxyl groups is 1. The Morgan fingerprint density at radius 2 is 1.95 bits per heavy atom. The maximum atomic E-state index is 9.69. The van der Waals surface area contributed by atoms with Crippen LogP contribution < -0.4 is 5.32 Å². The van der Waals surface area contributed by atoms with Gasteiger partial charge in [0.2, 0.25) is 0 Å². The second-order valence-corrected chi connectivity index (χ2v) is 4.93. The van der Waals surface area contributed by atoms with Crippen LogP contribution in [0.25, 0.3) is 0 Å². The molecule has 0 saturated heterocycles. The van der Waals surface area contributed by atoms with E-state index in [1.165, 1.54) is 0 Å². The third-order valence-corrected chi connectivity index (χ3v) is 3.55. The predicted octanol–water partition coefficient (Wildman–Crippen LogP) is 1.12. The molecule has 2 rings (SSSR count). The molecule has 5 heteroatoms. The lowest BCUT2D eigenvalue weighted by Crippen LogP contribution is -2.42. The molecule has 1 atom stereocenters. The maximum absolute atomic E-state index is 9.69. The van der Waals surface area contributed by atoms with Crippen molar-refractivity contribution in [2.75, 3.05) is 6.61 Å². The van der Waals surface area contributed by atoms with Gasteiger partial charge < -0.3 is 9.67 Å². The minimum absolute atomic E-state index is 0.0217. The fourth-order valence-corrected chi connectivity index (χ4v) is 1.93. The quantitative estimate of drug-likeness (QED) is 0.845. The predicted molar refractivity (Wildman–Crippen MR) is 73.5 cm³/mol. The SMILES string of the molecule is Cc1nnc(CNC(C)(CO)c2ccccc2)n1C. The molecule has 0 saturated carbocycles. The normalized spacial score (nSPS) is 14.3. The molecule has 0 amide bonds. The van der Waals surface area contributed by atoms with Crippen molar-refractivity contribution in [3.63, 3.8) is 0 Å². The smallest absolute Gasteiger partial charge is 0.146 e. The van der Waals surface area contributed by atoms with E-state index in [0.29, 0.717) is 6.54 Å². The van der Waals surface area contributed by atoms with Crippen LogP contribution in [-0.4, -0.2) is 26.5 Å². The summed E-state index contributed by atoms with van der Waals surface area (Å²) in [6, 6.07) is 9.92. The van der Waals surface area contributed by atoms with Crippen LogP contribution in [0.2, 0.25) is 0 Å². The van der Waals surface area contributed by atoms with Gasteiger partial charge in [0.15, 0.2) is 0 Å². The van der Waals surface area contributed by atoms with Crippen LogP contribution >= 0.6 is 0 Å². The van der Waals surface area contributed by atoms with Gasteiger partial charge in [0, 0.05) is 7.05 Å². The molecule has 0 bridgehead atoms. The van der Waals surface area contributed by atoms with Crippen LogP contribution in [0.1, 0.15) is 24.1 Å². The van der Waals surface area contributed by atoms with E-state index in [9.17, 15) is 5.11 Å². The van der Waals surface area contributed by atoms with Crippen molar-refractivity contribution in [3.05, 3.63) is 47.5 Å². The largest absolute Gasteiger partial charge is 0.394 e. The third kappa shape index (κ3) is 2.83.